The summed E-state index contributed by atoms with van der Waals surface area (Å²) in [4.78, 5) is 12.2. The third-order valence-electron chi connectivity index (χ3n) is 3.48. The molecule has 3 rings (SSSR count). The topological polar surface area (TPSA) is 38.3 Å². The van der Waals surface area contributed by atoms with Crippen LogP contribution in [0.25, 0.3) is 0 Å². The molecule has 1 spiro atoms. The van der Waals surface area contributed by atoms with Crippen LogP contribution in [0.15, 0.2) is 22.7 Å². The van der Waals surface area contributed by atoms with E-state index in [1.54, 1.807) is 0 Å². The van der Waals surface area contributed by atoms with E-state index >= 15 is 0 Å². The first-order valence-electron chi connectivity index (χ1n) is 5.91. The molecule has 1 N–H and O–H groups in total. The number of Topliss-reactive ketones (excluding diaryl/α,β-unsaturated/α-hetero) is 1. The fraction of sp³-hybridized carbons (Fsp3) is 0.462. The first-order valence-corrected chi connectivity index (χ1v) is 6.70. The Kier molecular flexibility index (Phi) is 2.71. The minimum atomic E-state index is -0.309. The minimum absolute atomic E-state index is 0.191. The Morgan fingerprint density at radius 1 is 1.41 bits per heavy atom. The molecule has 4 heteroatoms. The van der Waals surface area contributed by atoms with Gasteiger partial charge in [-0.1, -0.05) is 15.9 Å². The minimum Gasteiger partial charge on any atom is -0.485 e. The molecule has 17 heavy (non-hydrogen) atoms. The van der Waals surface area contributed by atoms with Crippen molar-refractivity contribution in [2.45, 2.75) is 24.9 Å². The van der Waals surface area contributed by atoms with Crippen LogP contribution in [0.5, 0.6) is 5.75 Å². The Morgan fingerprint density at radius 3 is 3.06 bits per heavy atom. The molecule has 0 bridgehead atoms. The van der Waals surface area contributed by atoms with Gasteiger partial charge in [0.2, 0.25) is 0 Å². The van der Waals surface area contributed by atoms with Gasteiger partial charge in [0.1, 0.15) is 11.4 Å². The van der Waals surface area contributed by atoms with E-state index in [0.29, 0.717) is 12.0 Å². The first kappa shape index (κ1) is 11.2. The molecule has 1 aromatic carbocycles. The molecule has 1 unspecified atom stereocenters. The van der Waals surface area contributed by atoms with E-state index in [-0.39, 0.29) is 11.4 Å². The third kappa shape index (κ3) is 2.00. The number of carbonyl (C=O) groups excluding carboxylic acids is 1. The second-order valence-corrected chi connectivity index (χ2v) is 5.72. The van der Waals surface area contributed by atoms with Gasteiger partial charge in [-0.3, -0.25) is 4.79 Å². The fourth-order valence-electron chi connectivity index (χ4n) is 2.64. The molecule has 1 atom stereocenters. The van der Waals surface area contributed by atoms with Crippen LogP contribution < -0.4 is 10.1 Å². The number of halogens is 1. The molecule has 1 saturated heterocycles. The summed E-state index contributed by atoms with van der Waals surface area (Å²) in [5.74, 6) is 0.921. The van der Waals surface area contributed by atoms with Gasteiger partial charge in [-0.2, -0.15) is 0 Å². The van der Waals surface area contributed by atoms with Gasteiger partial charge >= 0.3 is 0 Å². The maximum Gasteiger partial charge on any atom is 0.170 e. The van der Waals surface area contributed by atoms with Gasteiger partial charge in [-0.05, 0) is 37.6 Å². The highest BCUT2D eigenvalue weighted by Crippen LogP contribution is 2.37. The molecule has 0 saturated carbocycles. The second-order valence-electron chi connectivity index (χ2n) is 4.81. The maximum absolute atomic E-state index is 12.2. The van der Waals surface area contributed by atoms with Crippen LogP contribution in [0.1, 0.15) is 29.6 Å². The highest BCUT2D eigenvalue weighted by atomic mass is 79.9. The number of piperidine rings is 1. The molecule has 3 nitrogen and oxygen atoms in total. The summed E-state index contributed by atoms with van der Waals surface area (Å²) in [6.45, 7) is 1.79. The van der Waals surface area contributed by atoms with Crippen molar-refractivity contribution in [1.82, 2.24) is 5.32 Å². The number of rotatable bonds is 0. The fourth-order valence-corrected chi connectivity index (χ4v) is 3.01. The Morgan fingerprint density at radius 2 is 2.29 bits per heavy atom. The van der Waals surface area contributed by atoms with Gasteiger partial charge in [0.15, 0.2) is 5.78 Å². The number of carbonyl (C=O) groups is 1. The number of fused-ring (bicyclic) bond motifs is 1. The largest absolute Gasteiger partial charge is 0.485 e. The van der Waals surface area contributed by atoms with E-state index in [1.807, 2.05) is 18.2 Å². The van der Waals surface area contributed by atoms with E-state index in [2.05, 4.69) is 21.2 Å². The summed E-state index contributed by atoms with van der Waals surface area (Å²) >= 11 is 3.39. The highest BCUT2D eigenvalue weighted by molar-refractivity contribution is 9.10. The number of ether oxygens (including phenoxy) is 1. The third-order valence-corrected chi connectivity index (χ3v) is 3.98. The van der Waals surface area contributed by atoms with Crippen LogP contribution in [-0.4, -0.2) is 24.5 Å². The van der Waals surface area contributed by atoms with Crippen LogP contribution in [-0.2, 0) is 0 Å². The molecular weight excluding hydrogens is 282 g/mol. The Bertz CT molecular complexity index is 466. The van der Waals surface area contributed by atoms with Crippen molar-refractivity contribution in [2.75, 3.05) is 13.1 Å². The molecular formula is C13H14BrNO2. The lowest BCUT2D eigenvalue weighted by atomic mass is 9.84. The number of nitrogens with one attached hydrogen (secondary N) is 1. The molecule has 1 fully saturated rings. The van der Waals surface area contributed by atoms with Crippen molar-refractivity contribution >= 4 is 21.7 Å². The van der Waals surface area contributed by atoms with Gasteiger partial charge in [0.25, 0.3) is 0 Å². The smallest absolute Gasteiger partial charge is 0.170 e. The van der Waals surface area contributed by atoms with Gasteiger partial charge in [-0.25, -0.2) is 0 Å². The first-order chi connectivity index (χ1) is 8.19. The zero-order chi connectivity index (χ0) is 11.9. The van der Waals surface area contributed by atoms with E-state index in [9.17, 15) is 4.79 Å². The quantitative estimate of drug-likeness (QED) is 0.799. The Balaban J connectivity index is 1.97. The van der Waals surface area contributed by atoms with Crippen LogP contribution in [0.2, 0.25) is 0 Å². The SMILES string of the molecule is O=C1CC2(CCCNC2)Oc2ccc(Br)cc21. The summed E-state index contributed by atoms with van der Waals surface area (Å²) < 4.78 is 7.00. The van der Waals surface area contributed by atoms with Crippen molar-refractivity contribution in [3.05, 3.63) is 28.2 Å². The lowest BCUT2D eigenvalue weighted by molar-refractivity contribution is 0.0233. The molecule has 0 amide bonds. The van der Waals surface area contributed by atoms with E-state index in [0.717, 1.165) is 36.2 Å². The molecule has 1 aromatic rings. The predicted molar refractivity (Wildman–Crippen MR) is 68.6 cm³/mol. The van der Waals surface area contributed by atoms with Crippen LogP contribution in [0.4, 0.5) is 0 Å². The summed E-state index contributed by atoms with van der Waals surface area (Å²) in [7, 11) is 0. The molecule has 0 aliphatic carbocycles. The van der Waals surface area contributed by atoms with Gasteiger partial charge in [-0.15, -0.1) is 0 Å². The molecule has 2 aliphatic heterocycles. The lowest BCUT2D eigenvalue weighted by Crippen LogP contribution is -2.53. The average molecular weight is 296 g/mol. The van der Waals surface area contributed by atoms with Crippen LogP contribution in [0.3, 0.4) is 0 Å². The van der Waals surface area contributed by atoms with Gasteiger partial charge in [0.05, 0.1) is 12.0 Å². The van der Waals surface area contributed by atoms with Crippen molar-refractivity contribution in [2.24, 2.45) is 0 Å². The van der Waals surface area contributed by atoms with Gasteiger partial charge in [0, 0.05) is 11.0 Å². The van der Waals surface area contributed by atoms with E-state index in [4.69, 9.17) is 4.74 Å². The van der Waals surface area contributed by atoms with Crippen LogP contribution in [0, 0.1) is 0 Å². The van der Waals surface area contributed by atoms with Crippen molar-refractivity contribution in [3.8, 4) is 5.75 Å². The molecule has 90 valence electrons. The number of ketones is 1. The summed E-state index contributed by atoms with van der Waals surface area (Å²) in [5, 5.41) is 3.32. The monoisotopic (exact) mass is 295 g/mol. The van der Waals surface area contributed by atoms with E-state index in [1.165, 1.54) is 0 Å². The van der Waals surface area contributed by atoms with Crippen molar-refractivity contribution < 1.29 is 9.53 Å². The lowest BCUT2D eigenvalue weighted by Gasteiger charge is -2.40. The Labute approximate surface area is 109 Å². The van der Waals surface area contributed by atoms with Crippen molar-refractivity contribution in [3.63, 3.8) is 0 Å². The normalized spacial score (nSPS) is 27.7. The predicted octanol–water partition coefficient (Wildman–Crippen LogP) is 2.54. The highest BCUT2D eigenvalue weighted by Gasteiger charge is 2.41. The summed E-state index contributed by atoms with van der Waals surface area (Å²) in [6, 6.07) is 5.65. The Hall–Kier alpha value is -0.870. The summed E-state index contributed by atoms with van der Waals surface area (Å²) in [6.07, 6.45) is 2.52. The standard InChI is InChI=1S/C13H14BrNO2/c14-9-2-3-12-10(6-9)11(16)7-13(17-12)4-1-5-15-8-13/h2-3,6,15H,1,4-5,7-8H2. The van der Waals surface area contributed by atoms with Gasteiger partial charge < -0.3 is 10.1 Å². The zero-order valence-corrected chi connectivity index (χ0v) is 11.0. The summed E-state index contributed by atoms with van der Waals surface area (Å²) in [5.41, 5.74) is 0.395. The van der Waals surface area contributed by atoms with Crippen LogP contribution >= 0.6 is 15.9 Å². The average Bonchev–Trinajstić information content (AvgIpc) is 2.31. The molecule has 0 radical (unpaired) electrons. The molecule has 2 aliphatic rings. The molecule has 0 aromatic heterocycles. The van der Waals surface area contributed by atoms with E-state index < -0.39 is 0 Å². The second kappa shape index (κ2) is 4.10. The zero-order valence-electron chi connectivity index (χ0n) is 9.46. The maximum atomic E-state index is 12.2. The number of benzene rings is 1. The number of hydrogen-bond acceptors (Lipinski definition) is 3. The molecule has 2 heterocycles. The number of hydrogen-bond donors (Lipinski definition) is 1. The van der Waals surface area contributed by atoms with Crippen molar-refractivity contribution in [1.29, 1.82) is 0 Å².